The maximum Gasteiger partial charge on any atom is 0.251 e. The Bertz CT molecular complexity index is 419. The smallest absolute Gasteiger partial charge is 0.251 e. The van der Waals surface area contributed by atoms with Crippen LogP contribution in [0, 0.1) is 0 Å². The second-order valence-electron chi connectivity index (χ2n) is 5.37. The van der Waals surface area contributed by atoms with Gasteiger partial charge in [0.05, 0.1) is 11.4 Å². The van der Waals surface area contributed by atoms with Crippen LogP contribution in [-0.2, 0) is 0 Å². The SMILES string of the molecule is CN(C)c1ccc(C(=O)NC(C)(C)C)cc1N. The average molecular weight is 235 g/mol. The first-order valence-electron chi connectivity index (χ1n) is 5.60. The number of nitrogens with zero attached hydrogens (tertiary/aromatic N) is 1. The number of nitrogens with two attached hydrogens (primary N) is 1. The molecule has 0 aliphatic rings. The molecule has 0 atom stereocenters. The number of nitrogen functional groups attached to an aromatic ring is 1. The molecule has 0 radical (unpaired) electrons. The molecular weight excluding hydrogens is 214 g/mol. The molecule has 0 aliphatic heterocycles. The fourth-order valence-corrected chi connectivity index (χ4v) is 1.52. The van der Waals surface area contributed by atoms with Gasteiger partial charge in [-0.3, -0.25) is 4.79 Å². The molecule has 1 aromatic carbocycles. The van der Waals surface area contributed by atoms with Crippen LogP contribution in [-0.4, -0.2) is 25.5 Å². The van der Waals surface area contributed by atoms with Crippen LogP contribution in [0.25, 0.3) is 0 Å². The summed E-state index contributed by atoms with van der Waals surface area (Å²) in [5.41, 5.74) is 7.77. The van der Waals surface area contributed by atoms with Crippen molar-refractivity contribution >= 4 is 17.3 Å². The van der Waals surface area contributed by atoms with E-state index in [9.17, 15) is 4.79 Å². The summed E-state index contributed by atoms with van der Waals surface area (Å²) in [5.74, 6) is -0.102. The zero-order valence-electron chi connectivity index (χ0n) is 11.2. The highest BCUT2D eigenvalue weighted by atomic mass is 16.1. The van der Waals surface area contributed by atoms with E-state index in [1.807, 2.05) is 45.8 Å². The van der Waals surface area contributed by atoms with Crippen molar-refractivity contribution in [3.63, 3.8) is 0 Å². The molecule has 0 heterocycles. The number of rotatable bonds is 2. The molecule has 94 valence electrons. The minimum Gasteiger partial charge on any atom is -0.397 e. The quantitative estimate of drug-likeness (QED) is 0.769. The van der Waals surface area contributed by atoms with Crippen LogP contribution in [0.3, 0.4) is 0 Å². The molecule has 0 spiro atoms. The van der Waals surface area contributed by atoms with Gasteiger partial charge in [0.15, 0.2) is 0 Å². The fraction of sp³-hybridized carbons (Fsp3) is 0.462. The summed E-state index contributed by atoms with van der Waals surface area (Å²) in [7, 11) is 3.83. The van der Waals surface area contributed by atoms with Crippen LogP contribution < -0.4 is 16.0 Å². The monoisotopic (exact) mass is 235 g/mol. The maximum absolute atomic E-state index is 11.9. The molecule has 0 unspecified atom stereocenters. The second kappa shape index (κ2) is 4.65. The van der Waals surface area contributed by atoms with Crippen LogP contribution in [0.15, 0.2) is 18.2 Å². The first-order valence-corrected chi connectivity index (χ1v) is 5.60. The molecule has 4 nitrogen and oxygen atoms in total. The number of benzene rings is 1. The molecule has 4 heteroatoms. The Balaban J connectivity index is 2.94. The van der Waals surface area contributed by atoms with E-state index in [1.165, 1.54) is 0 Å². The van der Waals surface area contributed by atoms with Gasteiger partial charge in [-0.05, 0) is 39.0 Å². The fourth-order valence-electron chi connectivity index (χ4n) is 1.52. The van der Waals surface area contributed by atoms with E-state index >= 15 is 0 Å². The zero-order chi connectivity index (χ0) is 13.2. The average Bonchev–Trinajstić information content (AvgIpc) is 2.14. The van der Waals surface area contributed by atoms with E-state index in [0.717, 1.165) is 5.69 Å². The largest absolute Gasteiger partial charge is 0.397 e. The lowest BCUT2D eigenvalue weighted by molar-refractivity contribution is 0.0919. The maximum atomic E-state index is 11.9. The van der Waals surface area contributed by atoms with Crippen molar-refractivity contribution in [2.75, 3.05) is 24.7 Å². The van der Waals surface area contributed by atoms with Gasteiger partial charge in [0.2, 0.25) is 0 Å². The van der Waals surface area contributed by atoms with Crippen molar-refractivity contribution in [1.82, 2.24) is 5.32 Å². The Morgan fingerprint density at radius 2 is 1.88 bits per heavy atom. The minimum atomic E-state index is -0.244. The van der Waals surface area contributed by atoms with Crippen LogP contribution in [0.2, 0.25) is 0 Å². The van der Waals surface area contributed by atoms with Crippen molar-refractivity contribution in [1.29, 1.82) is 0 Å². The van der Waals surface area contributed by atoms with Gasteiger partial charge in [-0.1, -0.05) is 0 Å². The van der Waals surface area contributed by atoms with Crippen LogP contribution >= 0.6 is 0 Å². The Labute approximate surface area is 103 Å². The van der Waals surface area contributed by atoms with Gasteiger partial charge in [-0.15, -0.1) is 0 Å². The van der Waals surface area contributed by atoms with Crippen LogP contribution in [0.1, 0.15) is 31.1 Å². The molecule has 0 bridgehead atoms. The minimum absolute atomic E-state index is 0.102. The molecule has 17 heavy (non-hydrogen) atoms. The summed E-state index contributed by atoms with van der Waals surface area (Å²) in [6, 6.07) is 5.34. The third-order valence-electron chi connectivity index (χ3n) is 2.26. The van der Waals surface area contributed by atoms with Gasteiger partial charge in [0, 0.05) is 25.2 Å². The molecule has 1 rings (SSSR count). The number of anilines is 2. The van der Waals surface area contributed by atoms with Crippen molar-refractivity contribution in [2.24, 2.45) is 0 Å². The number of carbonyl (C=O) groups is 1. The van der Waals surface area contributed by atoms with Crippen LogP contribution in [0.5, 0.6) is 0 Å². The van der Waals surface area contributed by atoms with E-state index < -0.39 is 0 Å². The highest BCUT2D eigenvalue weighted by Crippen LogP contribution is 2.22. The first kappa shape index (κ1) is 13.4. The van der Waals surface area contributed by atoms with Gasteiger partial charge in [-0.2, -0.15) is 0 Å². The molecule has 0 saturated carbocycles. The van der Waals surface area contributed by atoms with E-state index in [4.69, 9.17) is 5.73 Å². The second-order valence-corrected chi connectivity index (χ2v) is 5.37. The number of amides is 1. The van der Waals surface area contributed by atoms with Crippen molar-refractivity contribution < 1.29 is 4.79 Å². The Kier molecular flexibility index (Phi) is 3.66. The highest BCUT2D eigenvalue weighted by Gasteiger charge is 2.16. The third kappa shape index (κ3) is 3.66. The van der Waals surface area contributed by atoms with Crippen molar-refractivity contribution in [2.45, 2.75) is 26.3 Å². The summed E-state index contributed by atoms with van der Waals surface area (Å²) in [5, 5.41) is 2.90. The number of hydrogen-bond acceptors (Lipinski definition) is 3. The zero-order valence-corrected chi connectivity index (χ0v) is 11.2. The number of carbonyl (C=O) groups excluding carboxylic acids is 1. The summed E-state index contributed by atoms with van der Waals surface area (Å²) >= 11 is 0. The topological polar surface area (TPSA) is 58.4 Å². The summed E-state index contributed by atoms with van der Waals surface area (Å²) in [6.07, 6.45) is 0. The lowest BCUT2D eigenvalue weighted by atomic mass is 10.1. The highest BCUT2D eigenvalue weighted by molar-refractivity contribution is 5.96. The summed E-state index contributed by atoms with van der Waals surface area (Å²) < 4.78 is 0. The van der Waals surface area contributed by atoms with E-state index in [-0.39, 0.29) is 11.4 Å². The Morgan fingerprint density at radius 3 is 2.29 bits per heavy atom. The molecule has 0 saturated heterocycles. The number of hydrogen-bond donors (Lipinski definition) is 2. The van der Waals surface area contributed by atoms with Gasteiger partial charge < -0.3 is 16.0 Å². The van der Waals surface area contributed by atoms with E-state index in [0.29, 0.717) is 11.3 Å². The van der Waals surface area contributed by atoms with Gasteiger partial charge in [0.25, 0.3) is 5.91 Å². The summed E-state index contributed by atoms with van der Waals surface area (Å²) in [4.78, 5) is 13.8. The Hall–Kier alpha value is -1.71. The van der Waals surface area contributed by atoms with Gasteiger partial charge in [-0.25, -0.2) is 0 Å². The molecule has 0 aliphatic carbocycles. The van der Waals surface area contributed by atoms with E-state index in [1.54, 1.807) is 12.1 Å². The molecule has 0 aromatic heterocycles. The van der Waals surface area contributed by atoms with Crippen molar-refractivity contribution in [3.05, 3.63) is 23.8 Å². The number of nitrogens with one attached hydrogen (secondary N) is 1. The van der Waals surface area contributed by atoms with Gasteiger partial charge in [0.1, 0.15) is 0 Å². The van der Waals surface area contributed by atoms with Crippen molar-refractivity contribution in [3.8, 4) is 0 Å². The molecular formula is C13H21N3O. The van der Waals surface area contributed by atoms with E-state index in [2.05, 4.69) is 5.32 Å². The predicted octanol–water partition coefficient (Wildman–Crippen LogP) is 1.86. The first-order chi connectivity index (χ1) is 7.70. The molecule has 3 N–H and O–H groups in total. The third-order valence-corrected chi connectivity index (χ3v) is 2.26. The lowest BCUT2D eigenvalue weighted by Gasteiger charge is -2.21. The predicted molar refractivity (Wildman–Crippen MR) is 72.4 cm³/mol. The Morgan fingerprint density at radius 1 is 1.29 bits per heavy atom. The molecule has 0 fully saturated rings. The molecule has 1 aromatic rings. The standard InChI is InChI=1S/C13H21N3O/c1-13(2,3)15-12(17)9-6-7-11(16(4)5)10(14)8-9/h6-8H,14H2,1-5H3,(H,15,17). The van der Waals surface area contributed by atoms with Gasteiger partial charge >= 0.3 is 0 Å². The summed E-state index contributed by atoms with van der Waals surface area (Å²) in [6.45, 7) is 5.84. The normalized spacial score (nSPS) is 11.1. The lowest BCUT2D eigenvalue weighted by Crippen LogP contribution is -2.40. The molecule has 1 amide bonds. The van der Waals surface area contributed by atoms with Crippen LogP contribution in [0.4, 0.5) is 11.4 Å².